The summed E-state index contributed by atoms with van der Waals surface area (Å²) < 4.78 is 0. The van der Waals surface area contributed by atoms with Gasteiger partial charge in [0.25, 0.3) is 0 Å². The van der Waals surface area contributed by atoms with Gasteiger partial charge in [-0.25, -0.2) is 0 Å². The summed E-state index contributed by atoms with van der Waals surface area (Å²) in [5.74, 6) is 0.769. The Kier molecular flexibility index (Phi) is 3.23. The predicted molar refractivity (Wildman–Crippen MR) is 47.7 cm³/mol. The third kappa shape index (κ3) is 1.63. The first kappa shape index (κ1) is 11.1. The van der Waals surface area contributed by atoms with E-state index in [0.717, 1.165) is 6.54 Å². The average molecular weight is 149 g/mol. The number of nitrogens with zero attached hydrogens (tertiary/aromatic N) is 1. The van der Waals surface area contributed by atoms with Crippen molar-refractivity contribution in [2.45, 2.75) is 20.8 Å². The molecule has 0 aliphatic carbocycles. The van der Waals surface area contributed by atoms with Crippen molar-refractivity contribution in [2.75, 3.05) is 13.6 Å². The van der Waals surface area contributed by atoms with Gasteiger partial charge in [-0.05, 0) is 5.92 Å². The molecule has 2 nitrogen and oxygen atoms in total. The molecule has 1 rings (SSSR count). The maximum absolute atomic E-state index is 11.4. The molecule has 1 fully saturated rings. The van der Waals surface area contributed by atoms with Crippen LogP contribution in [-0.4, -0.2) is 43.3 Å². The van der Waals surface area contributed by atoms with Crippen LogP contribution in [0.3, 0.4) is 0 Å². The van der Waals surface area contributed by atoms with Gasteiger partial charge in [-0.1, -0.05) is 20.8 Å². The van der Waals surface area contributed by atoms with E-state index in [2.05, 4.69) is 6.92 Å². The van der Waals surface area contributed by atoms with Gasteiger partial charge in [-0.15, -0.1) is 0 Å². The average Bonchev–Trinajstić information content (AvgIpc) is 1.97. The van der Waals surface area contributed by atoms with E-state index < -0.39 is 0 Å². The van der Waals surface area contributed by atoms with Crippen LogP contribution in [0.4, 0.5) is 0 Å². The van der Waals surface area contributed by atoms with Crippen molar-refractivity contribution in [3.8, 4) is 0 Å². The van der Waals surface area contributed by atoms with Gasteiger partial charge >= 0.3 is 18.9 Å². The van der Waals surface area contributed by atoms with Crippen LogP contribution in [0.15, 0.2) is 0 Å². The van der Waals surface area contributed by atoms with Gasteiger partial charge in [0.05, 0.1) is 0 Å². The van der Waals surface area contributed by atoms with E-state index >= 15 is 0 Å². The second kappa shape index (κ2) is 3.21. The fourth-order valence-corrected chi connectivity index (χ4v) is 1.42. The van der Waals surface area contributed by atoms with Gasteiger partial charge in [0, 0.05) is 19.0 Å². The van der Waals surface area contributed by atoms with Crippen LogP contribution in [0.2, 0.25) is 0 Å². The number of likely N-dealkylation sites (tertiary alicyclic amines) is 1. The molecule has 1 amide bonds. The monoisotopic (exact) mass is 149 g/mol. The Morgan fingerprint density at radius 2 is 2.00 bits per heavy atom. The van der Waals surface area contributed by atoms with E-state index in [9.17, 15) is 4.79 Å². The predicted octanol–water partition coefficient (Wildman–Crippen LogP) is 0.472. The van der Waals surface area contributed by atoms with Gasteiger partial charge in [-0.3, -0.25) is 4.79 Å². The number of carbonyl (C=O) groups is 1. The van der Waals surface area contributed by atoms with Gasteiger partial charge < -0.3 is 4.90 Å². The Morgan fingerprint density at radius 3 is 2.09 bits per heavy atom. The number of amides is 1. The molecule has 0 aromatic rings. The summed E-state index contributed by atoms with van der Waals surface area (Å²) in [5, 5.41) is 0. The summed E-state index contributed by atoms with van der Waals surface area (Å²) in [5.41, 5.74) is -0.130. The number of rotatable bonds is 0. The van der Waals surface area contributed by atoms with E-state index in [1.54, 1.807) is 0 Å². The normalized spacial score (nSPS) is 28.5. The summed E-state index contributed by atoms with van der Waals surface area (Å²) in [4.78, 5) is 13.2. The summed E-state index contributed by atoms with van der Waals surface area (Å²) in [7, 11) is 1.87. The van der Waals surface area contributed by atoms with E-state index in [1.807, 2.05) is 25.8 Å². The van der Waals surface area contributed by atoms with Crippen molar-refractivity contribution in [3.63, 3.8) is 0 Å². The molecule has 1 aliphatic heterocycles. The molecular formula is C8H16LiNO. The van der Waals surface area contributed by atoms with Crippen LogP contribution >= 0.6 is 0 Å². The molecular weight excluding hydrogens is 133 g/mol. The molecule has 60 valence electrons. The number of hydrogen-bond acceptors (Lipinski definition) is 1. The SMILES string of the molecule is CC1CN(C)C(=O)C1(C)C.[LiH]. The third-order valence-electron chi connectivity index (χ3n) is 2.68. The Bertz CT molecular complexity index is 167. The van der Waals surface area contributed by atoms with E-state index in [-0.39, 0.29) is 30.2 Å². The Hall–Kier alpha value is 0.0674. The fraction of sp³-hybridized carbons (Fsp3) is 0.875. The molecule has 0 N–H and O–H groups in total. The number of hydrogen-bond donors (Lipinski definition) is 0. The molecule has 0 radical (unpaired) electrons. The molecule has 3 heteroatoms. The van der Waals surface area contributed by atoms with Gasteiger partial charge in [0.2, 0.25) is 5.91 Å². The molecule has 0 bridgehead atoms. The second-order valence-corrected chi connectivity index (χ2v) is 3.81. The molecule has 0 saturated carbocycles. The molecule has 0 aromatic carbocycles. The minimum atomic E-state index is -0.130. The third-order valence-corrected chi connectivity index (χ3v) is 2.68. The van der Waals surface area contributed by atoms with Crippen molar-refractivity contribution in [2.24, 2.45) is 11.3 Å². The maximum atomic E-state index is 11.4. The summed E-state index contributed by atoms with van der Waals surface area (Å²) in [6.45, 7) is 7.07. The molecule has 11 heavy (non-hydrogen) atoms. The van der Waals surface area contributed by atoms with E-state index in [1.165, 1.54) is 0 Å². The van der Waals surface area contributed by atoms with Crippen molar-refractivity contribution in [1.82, 2.24) is 4.90 Å². The Morgan fingerprint density at radius 1 is 1.55 bits per heavy atom. The zero-order valence-electron chi connectivity index (χ0n) is 7.14. The first-order chi connectivity index (χ1) is 4.46. The molecule has 0 spiro atoms. The van der Waals surface area contributed by atoms with Crippen molar-refractivity contribution in [1.29, 1.82) is 0 Å². The second-order valence-electron chi connectivity index (χ2n) is 3.81. The molecule has 1 heterocycles. The minimum absolute atomic E-state index is 0. The van der Waals surface area contributed by atoms with Crippen molar-refractivity contribution in [3.05, 3.63) is 0 Å². The number of carbonyl (C=O) groups excluding carboxylic acids is 1. The quantitative estimate of drug-likeness (QED) is 0.458. The van der Waals surface area contributed by atoms with E-state index in [4.69, 9.17) is 0 Å². The Labute approximate surface area is 80.5 Å². The standard InChI is InChI=1S/C8H15NO.Li.H/c1-6-5-9(4)7(10)8(6,2)3;;/h6H,5H2,1-4H3;;. The summed E-state index contributed by atoms with van der Waals surface area (Å²) in [6, 6.07) is 0. The molecule has 1 unspecified atom stereocenters. The fourth-order valence-electron chi connectivity index (χ4n) is 1.42. The van der Waals surface area contributed by atoms with Crippen molar-refractivity contribution < 1.29 is 4.79 Å². The molecule has 0 aromatic heterocycles. The van der Waals surface area contributed by atoms with Crippen LogP contribution in [-0.2, 0) is 4.79 Å². The van der Waals surface area contributed by atoms with Gasteiger partial charge in [-0.2, -0.15) is 0 Å². The van der Waals surface area contributed by atoms with Crippen LogP contribution < -0.4 is 0 Å². The molecule has 1 aliphatic rings. The van der Waals surface area contributed by atoms with Crippen LogP contribution in [0.1, 0.15) is 20.8 Å². The van der Waals surface area contributed by atoms with Gasteiger partial charge in [0.15, 0.2) is 0 Å². The van der Waals surface area contributed by atoms with Crippen LogP contribution in [0.25, 0.3) is 0 Å². The van der Waals surface area contributed by atoms with Crippen LogP contribution in [0.5, 0.6) is 0 Å². The molecule has 1 atom stereocenters. The van der Waals surface area contributed by atoms with Crippen molar-refractivity contribution >= 4 is 24.8 Å². The summed E-state index contributed by atoms with van der Waals surface area (Å²) >= 11 is 0. The zero-order chi connectivity index (χ0) is 7.94. The van der Waals surface area contributed by atoms with Crippen LogP contribution in [0, 0.1) is 11.3 Å². The molecule has 1 saturated heterocycles. The van der Waals surface area contributed by atoms with Gasteiger partial charge in [0.1, 0.15) is 0 Å². The first-order valence-electron chi connectivity index (χ1n) is 3.72. The van der Waals surface area contributed by atoms with E-state index in [0.29, 0.717) is 5.92 Å². The Balaban J connectivity index is 0.000001000. The summed E-state index contributed by atoms with van der Waals surface area (Å²) in [6.07, 6.45) is 0. The topological polar surface area (TPSA) is 20.3 Å². The zero-order valence-corrected chi connectivity index (χ0v) is 7.14. The first-order valence-corrected chi connectivity index (χ1v) is 3.72.